The highest BCUT2D eigenvalue weighted by atomic mass is 15.4. The second-order valence-electron chi connectivity index (χ2n) is 6.61. The molecule has 2 heterocycles. The molecule has 2 fully saturated rings. The number of fused-ring (bicyclic) bond motifs is 1. The van der Waals surface area contributed by atoms with Crippen molar-refractivity contribution in [2.75, 3.05) is 6.54 Å². The molecule has 1 saturated heterocycles. The first-order valence-electron chi connectivity index (χ1n) is 8.52. The fourth-order valence-corrected chi connectivity index (χ4v) is 4.54. The first-order valence-corrected chi connectivity index (χ1v) is 8.52. The third kappa shape index (κ3) is 2.01. The molecule has 0 amide bonds. The standard InChI is InChI=1S/C18H24N4/c1-2-22-17(19-14-20-22)13-21-12-16-10-6-7-11-18(16,21)15-8-4-3-5-9-15/h3-5,8-9,14,16H,2,6-7,10-13H2,1H3/t16-,18-/m1/s1. The lowest BCUT2D eigenvalue weighted by atomic mass is 9.62. The molecule has 22 heavy (non-hydrogen) atoms. The predicted molar refractivity (Wildman–Crippen MR) is 86.2 cm³/mol. The van der Waals surface area contributed by atoms with E-state index < -0.39 is 0 Å². The molecule has 2 aliphatic rings. The van der Waals surface area contributed by atoms with Crippen LogP contribution in [0.25, 0.3) is 0 Å². The van der Waals surface area contributed by atoms with Crippen molar-refractivity contribution in [1.29, 1.82) is 0 Å². The summed E-state index contributed by atoms with van der Waals surface area (Å²) in [6.45, 7) is 5.14. The minimum absolute atomic E-state index is 0.240. The highest BCUT2D eigenvalue weighted by molar-refractivity contribution is 5.30. The second kappa shape index (κ2) is 5.51. The van der Waals surface area contributed by atoms with E-state index in [9.17, 15) is 0 Å². The van der Waals surface area contributed by atoms with Gasteiger partial charge in [0.2, 0.25) is 0 Å². The molecule has 2 atom stereocenters. The fraction of sp³-hybridized carbons (Fsp3) is 0.556. The summed E-state index contributed by atoms with van der Waals surface area (Å²) in [7, 11) is 0. The molecule has 0 spiro atoms. The first kappa shape index (κ1) is 13.9. The third-order valence-corrected chi connectivity index (χ3v) is 5.64. The molecule has 0 N–H and O–H groups in total. The quantitative estimate of drug-likeness (QED) is 0.869. The Balaban J connectivity index is 1.65. The van der Waals surface area contributed by atoms with Gasteiger partial charge in [0, 0.05) is 13.1 Å². The molecule has 1 aliphatic carbocycles. The highest BCUT2D eigenvalue weighted by Gasteiger charge is 2.54. The van der Waals surface area contributed by atoms with Gasteiger partial charge in [0.1, 0.15) is 12.2 Å². The maximum atomic E-state index is 4.48. The Morgan fingerprint density at radius 3 is 2.86 bits per heavy atom. The van der Waals surface area contributed by atoms with E-state index in [2.05, 4.69) is 52.2 Å². The van der Waals surface area contributed by atoms with E-state index in [1.54, 1.807) is 6.33 Å². The van der Waals surface area contributed by atoms with Crippen LogP contribution in [0.5, 0.6) is 0 Å². The number of benzene rings is 1. The van der Waals surface area contributed by atoms with Crippen molar-refractivity contribution < 1.29 is 0 Å². The number of likely N-dealkylation sites (tertiary alicyclic amines) is 1. The van der Waals surface area contributed by atoms with Crippen molar-refractivity contribution in [3.63, 3.8) is 0 Å². The molecule has 2 aromatic rings. The number of aromatic nitrogens is 3. The zero-order valence-electron chi connectivity index (χ0n) is 13.3. The van der Waals surface area contributed by atoms with Crippen molar-refractivity contribution in [3.8, 4) is 0 Å². The molecule has 0 unspecified atom stereocenters. The number of hydrogen-bond acceptors (Lipinski definition) is 3. The zero-order chi connectivity index (χ0) is 15.0. The van der Waals surface area contributed by atoms with Crippen LogP contribution < -0.4 is 0 Å². The Kier molecular flexibility index (Phi) is 3.49. The molecule has 1 aromatic carbocycles. The van der Waals surface area contributed by atoms with Crippen molar-refractivity contribution in [2.24, 2.45) is 5.92 Å². The Morgan fingerprint density at radius 2 is 2.09 bits per heavy atom. The van der Waals surface area contributed by atoms with Crippen molar-refractivity contribution in [2.45, 2.75) is 51.2 Å². The number of rotatable bonds is 4. The van der Waals surface area contributed by atoms with Crippen LogP contribution in [0.1, 0.15) is 44.0 Å². The van der Waals surface area contributed by atoms with Crippen LogP contribution in [0.3, 0.4) is 0 Å². The average molecular weight is 296 g/mol. The number of nitrogens with zero attached hydrogens (tertiary/aromatic N) is 4. The van der Waals surface area contributed by atoms with Crippen LogP contribution >= 0.6 is 0 Å². The van der Waals surface area contributed by atoms with E-state index in [4.69, 9.17) is 0 Å². The normalized spacial score (nSPS) is 28.1. The molecule has 4 rings (SSSR count). The first-order chi connectivity index (χ1) is 10.8. The van der Waals surface area contributed by atoms with Gasteiger partial charge in [-0.25, -0.2) is 9.67 Å². The van der Waals surface area contributed by atoms with Crippen LogP contribution in [0.4, 0.5) is 0 Å². The van der Waals surface area contributed by atoms with E-state index in [1.165, 1.54) is 37.8 Å². The summed E-state index contributed by atoms with van der Waals surface area (Å²) in [6.07, 6.45) is 7.06. The predicted octanol–water partition coefficient (Wildman–Crippen LogP) is 3.20. The Labute approximate surface area is 132 Å². The smallest absolute Gasteiger partial charge is 0.141 e. The molecule has 4 nitrogen and oxygen atoms in total. The van der Waals surface area contributed by atoms with E-state index in [-0.39, 0.29) is 5.54 Å². The van der Waals surface area contributed by atoms with Crippen molar-refractivity contribution >= 4 is 0 Å². The van der Waals surface area contributed by atoms with Crippen LogP contribution in [0.15, 0.2) is 36.7 Å². The Bertz CT molecular complexity index is 636. The van der Waals surface area contributed by atoms with E-state index >= 15 is 0 Å². The number of aryl methyl sites for hydroxylation is 1. The van der Waals surface area contributed by atoms with Gasteiger partial charge in [-0.05, 0) is 31.2 Å². The molecule has 1 aromatic heterocycles. The maximum absolute atomic E-state index is 4.48. The van der Waals surface area contributed by atoms with Crippen LogP contribution in [-0.2, 0) is 18.6 Å². The zero-order valence-corrected chi connectivity index (χ0v) is 13.3. The topological polar surface area (TPSA) is 34.0 Å². The van der Waals surface area contributed by atoms with Gasteiger partial charge in [-0.3, -0.25) is 4.90 Å². The molecule has 0 bridgehead atoms. The lowest BCUT2D eigenvalue weighted by Crippen LogP contribution is -2.65. The van der Waals surface area contributed by atoms with Crippen LogP contribution in [0, 0.1) is 5.92 Å². The minimum atomic E-state index is 0.240. The minimum Gasteiger partial charge on any atom is -0.285 e. The highest BCUT2D eigenvalue weighted by Crippen LogP contribution is 2.54. The van der Waals surface area contributed by atoms with Gasteiger partial charge in [0.05, 0.1) is 12.1 Å². The van der Waals surface area contributed by atoms with Crippen LogP contribution in [0.2, 0.25) is 0 Å². The van der Waals surface area contributed by atoms with Gasteiger partial charge in [-0.1, -0.05) is 43.2 Å². The fourth-order valence-electron chi connectivity index (χ4n) is 4.54. The molecule has 1 aliphatic heterocycles. The summed E-state index contributed by atoms with van der Waals surface area (Å²) in [5, 5.41) is 4.32. The lowest BCUT2D eigenvalue weighted by molar-refractivity contribution is -0.123. The molecular formula is C18H24N4. The largest absolute Gasteiger partial charge is 0.285 e. The molecule has 116 valence electrons. The monoisotopic (exact) mass is 296 g/mol. The van der Waals surface area contributed by atoms with Gasteiger partial charge in [-0.15, -0.1) is 0 Å². The second-order valence-corrected chi connectivity index (χ2v) is 6.61. The van der Waals surface area contributed by atoms with Gasteiger partial charge < -0.3 is 0 Å². The van der Waals surface area contributed by atoms with Gasteiger partial charge in [0.25, 0.3) is 0 Å². The number of hydrogen-bond donors (Lipinski definition) is 0. The molecule has 4 heteroatoms. The van der Waals surface area contributed by atoms with E-state index in [1.807, 2.05) is 4.68 Å². The van der Waals surface area contributed by atoms with E-state index in [0.717, 1.165) is 24.8 Å². The van der Waals surface area contributed by atoms with Crippen LogP contribution in [-0.4, -0.2) is 26.2 Å². The average Bonchev–Trinajstić information content (AvgIpc) is 3.01. The van der Waals surface area contributed by atoms with E-state index in [0.29, 0.717) is 0 Å². The summed E-state index contributed by atoms with van der Waals surface area (Å²) >= 11 is 0. The van der Waals surface area contributed by atoms with Gasteiger partial charge >= 0.3 is 0 Å². The molecule has 0 radical (unpaired) electrons. The summed E-state index contributed by atoms with van der Waals surface area (Å²) in [5.74, 6) is 1.91. The molecule has 1 saturated carbocycles. The maximum Gasteiger partial charge on any atom is 0.141 e. The molecular weight excluding hydrogens is 272 g/mol. The van der Waals surface area contributed by atoms with Gasteiger partial charge in [0.15, 0.2) is 0 Å². The SMILES string of the molecule is CCn1ncnc1CN1C[C@H]2CCCC[C@@]21c1ccccc1. The van der Waals surface area contributed by atoms with Gasteiger partial charge in [-0.2, -0.15) is 5.10 Å². The summed E-state index contributed by atoms with van der Waals surface area (Å²) in [5.41, 5.74) is 1.73. The van der Waals surface area contributed by atoms with Crippen molar-refractivity contribution in [3.05, 3.63) is 48.0 Å². The summed E-state index contributed by atoms with van der Waals surface area (Å²) in [4.78, 5) is 7.12. The van der Waals surface area contributed by atoms with Crippen molar-refractivity contribution in [1.82, 2.24) is 19.7 Å². The lowest BCUT2D eigenvalue weighted by Gasteiger charge is -2.61. The Morgan fingerprint density at radius 1 is 1.23 bits per heavy atom. The third-order valence-electron chi connectivity index (χ3n) is 5.64. The summed E-state index contributed by atoms with van der Waals surface area (Å²) < 4.78 is 2.02. The Hall–Kier alpha value is -1.68. The summed E-state index contributed by atoms with van der Waals surface area (Å²) in [6, 6.07) is 11.1.